The molecule has 4 aromatic rings. The number of nitrogens with one attached hydrogen (secondary N) is 1. The van der Waals surface area contributed by atoms with Crippen LogP contribution in [-0.2, 0) is 0 Å². The van der Waals surface area contributed by atoms with E-state index in [9.17, 15) is 0 Å². The summed E-state index contributed by atoms with van der Waals surface area (Å²) in [7, 11) is 0. The van der Waals surface area contributed by atoms with Gasteiger partial charge in [-0.2, -0.15) is 0 Å². The molecule has 0 aliphatic rings. The fourth-order valence-corrected chi connectivity index (χ4v) is 3.15. The fraction of sp³-hybridized carbons (Fsp3) is 0.0909. The van der Waals surface area contributed by atoms with Gasteiger partial charge in [0.2, 0.25) is 0 Å². The Labute approximate surface area is 157 Å². The van der Waals surface area contributed by atoms with Crippen molar-refractivity contribution in [2.45, 2.75) is 13.8 Å². The monoisotopic (exact) mass is 359 g/mol. The van der Waals surface area contributed by atoms with Crippen LogP contribution < -0.4 is 5.32 Å². The van der Waals surface area contributed by atoms with Gasteiger partial charge in [0.25, 0.3) is 0 Å². The minimum atomic E-state index is 0.613. The third-order valence-electron chi connectivity index (χ3n) is 4.36. The molecule has 128 valence electrons. The van der Waals surface area contributed by atoms with Crippen molar-refractivity contribution in [1.29, 1.82) is 0 Å². The van der Waals surface area contributed by atoms with Crippen molar-refractivity contribution in [2.24, 2.45) is 0 Å². The Bertz CT molecular complexity index is 1110. The van der Waals surface area contributed by atoms with Gasteiger partial charge in [-0.15, -0.1) is 0 Å². The van der Waals surface area contributed by atoms with Gasteiger partial charge in [0, 0.05) is 16.6 Å². The lowest BCUT2D eigenvalue weighted by atomic mass is 10.1. The molecule has 4 rings (SSSR count). The van der Waals surface area contributed by atoms with Crippen LogP contribution in [0.4, 0.5) is 11.5 Å². The molecule has 1 N–H and O–H groups in total. The fourth-order valence-electron chi connectivity index (χ4n) is 2.93. The first kappa shape index (κ1) is 16.6. The van der Waals surface area contributed by atoms with Gasteiger partial charge in [-0.05, 0) is 55.3 Å². The second-order valence-corrected chi connectivity index (χ2v) is 6.74. The molecule has 0 unspecified atom stereocenters. The highest BCUT2D eigenvalue weighted by atomic mass is 35.5. The predicted molar refractivity (Wildman–Crippen MR) is 109 cm³/mol. The quantitative estimate of drug-likeness (QED) is 0.465. The maximum atomic E-state index is 6.37. The standard InChI is InChI=1S/C22H18ClN3/c1-14-11-12-15(2)20(13-14)25-22-17-8-4-6-10-19(17)24-21(26-22)16-7-3-5-9-18(16)23/h3-13H,1-2H3,(H,24,25,26). The van der Waals surface area contributed by atoms with E-state index in [1.54, 1.807) is 0 Å². The average Bonchev–Trinajstić information content (AvgIpc) is 2.65. The number of para-hydroxylation sites is 1. The Morgan fingerprint density at radius 1 is 0.846 bits per heavy atom. The number of hydrogen-bond acceptors (Lipinski definition) is 3. The van der Waals surface area contributed by atoms with Gasteiger partial charge in [-0.1, -0.05) is 48.0 Å². The smallest absolute Gasteiger partial charge is 0.163 e. The summed E-state index contributed by atoms with van der Waals surface area (Å²) in [6.45, 7) is 4.16. The predicted octanol–water partition coefficient (Wildman–Crippen LogP) is 6.31. The topological polar surface area (TPSA) is 37.8 Å². The molecule has 0 spiro atoms. The molecule has 0 radical (unpaired) electrons. The van der Waals surface area contributed by atoms with Gasteiger partial charge in [0.15, 0.2) is 5.82 Å². The Morgan fingerprint density at radius 2 is 1.62 bits per heavy atom. The molecule has 1 heterocycles. The number of rotatable bonds is 3. The summed E-state index contributed by atoms with van der Waals surface area (Å²) >= 11 is 6.37. The maximum Gasteiger partial charge on any atom is 0.163 e. The van der Waals surface area contributed by atoms with E-state index in [2.05, 4.69) is 37.4 Å². The first-order valence-corrected chi connectivity index (χ1v) is 8.85. The van der Waals surface area contributed by atoms with Crippen LogP contribution in [0.5, 0.6) is 0 Å². The Morgan fingerprint density at radius 3 is 2.46 bits per heavy atom. The van der Waals surface area contributed by atoms with E-state index in [0.717, 1.165) is 33.5 Å². The summed E-state index contributed by atoms with van der Waals surface area (Å²) in [4.78, 5) is 9.50. The molecule has 0 saturated carbocycles. The number of anilines is 2. The minimum absolute atomic E-state index is 0.613. The Hall–Kier alpha value is -2.91. The van der Waals surface area contributed by atoms with E-state index < -0.39 is 0 Å². The van der Waals surface area contributed by atoms with Crippen molar-refractivity contribution in [3.05, 3.63) is 82.9 Å². The van der Waals surface area contributed by atoms with Crippen LogP contribution >= 0.6 is 11.6 Å². The van der Waals surface area contributed by atoms with E-state index in [1.807, 2.05) is 48.5 Å². The number of aryl methyl sites for hydroxylation is 2. The number of hydrogen-bond donors (Lipinski definition) is 1. The van der Waals surface area contributed by atoms with Gasteiger partial charge in [0.05, 0.1) is 10.5 Å². The first-order chi connectivity index (χ1) is 12.6. The van der Waals surface area contributed by atoms with Crippen molar-refractivity contribution < 1.29 is 0 Å². The molecule has 0 aliphatic heterocycles. The lowest BCUT2D eigenvalue weighted by Gasteiger charge is -2.14. The molecule has 3 aromatic carbocycles. The summed E-state index contributed by atoms with van der Waals surface area (Å²) in [6.07, 6.45) is 0. The van der Waals surface area contributed by atoms with E-state index in [-0.39, 0.29) is 0 Å². The maximum absolute atomic E-state index is 6.37. The van der Waals surface area contributed by atoms with Crippen LogP contribution in [0.1, 0.15) is 11.1 Å². The molecule has 26 heavy (non-hydrogen) atoms. The zero-order valence-corrected chi connectivity index (χ0v) is 15.4. The summed E-state index contributed by atoms with van der Waals surface area (Å²) in [5.41, 5.74) is 5.11. The molecule has 0 aliphatic carbocycles. The summed E-state index contributed by atoms with van der Waals surface area (Å²) in [6, 6.07) is 22.0. The van der Waals surface area contributed by atoms with Gasteiger partial charge < -0.3 is 5.32 Å². The third kappa shape index (κ3) is 3.14. The summed E-state index contributed by atoms with van der Waals surface area (Å²) < 4.78 is 0. The Balaban J connectivity index is 1.90. The third-order valence-corrected chi connectivity index (χ3v) is 4.69. The molecular formula is C22H18ClN3. The van der Waals surface area contributed by atoms with Crippen molar-refractivity contribution in [2.75, 3.05) is 5.32 Å². The van der Waals surface area contributed by atoms with E-state index in [4.69, 9.17) is 21.6 Å². The normalized spacial score (nSPS) is 10.9. The van der Waals surface area contributed by atoms with E-state index in [1.165, 1.54) is 5.56 Å². The largest absolute Gasteiger partial charge is 0.339 e. The van der Waals surface area contributed by atoms with Crippen LogP contribution in [0.3, 0.4) is 0 Å². The van der Waals surface area contributed by atoms with Gasteiger partial charge in [-0.25, -0.2) is 9.97 Å². The molecule has 0 saturated heterocycles. The van der Waals surface area contributed by atoms with Crippen molar-refractivity contribution in [3.63, 3.8) is 0 Å². The lowest BCUT2D eigenvalue weighted by molar-refractivity contribution is 1.22. The SMILES string of the molecule is Cc1ccc(C)c(Nc2nc(-c3ccccc3Cl)nc3ccccc23)c1. The first-order valence-electron chi connectivity index (χ1n) is 8.48. The molecule has 0 amide bonds. The highest BCUT2D eigenvalue weighted by Crippen LogP contribution is 2.31. The van der Waals surface area contributed by atoms with Crippen LogP contribution in [0.15, 0.2) is 66.7 Å². The van der Waals surface area contributed by atoms with E-state index >= 15 is 0 Å². The molecule has 4 heteroatoms. The zero-order chi connectivity index (χ0) is 18.1. The van der Waals surface area contributed by atoms with Crippen LogP contribution in [0.25, 0.3) is 22.3 Å². The molecule has 0 fully saturated rings. The summed E-state index contributed by atoms with van der Waals surface area (Å²) in [5.74, 6) is 1.39. The van der Waals surface area contributed by atoms with Gasteiger partial charge in [0.1, 0.15) is 5.82 Å². The van der Waals surface area contributed by atoms with Crippen molar-refractivity contribution in [3.8, 4) is 11.4 Å². The number of halogens is 1. The molecular weight excluding hydrogens is 342 g/mol. The average molecular weight is 360 g/mol. The van der Waals surface area contributed by atoms with Crippen molar-refractivity contribution >= 4 is 34.0 Å². The number of benzene rings is 3. The van der Waals surface area contributed by atoms with E-state index in [0.29, 0.717) is 10.8 Å². The minimum Gasteiger partial charge on any atom is -0.339 e. The van der Waals surface area contributed by atoms with Crippen LogP contribution in [-0.4, -0.2) is 9.97 Å². The second-order valence-electron chi connectivity index (χ2n) is 6.34. The molecule has 1 aromatic heterocycles. The Kier molecular flexibility index (Phi) is 4.31. The van der Waals surface area contributed by atoms with Gasteiger partial charge in [-0.3, -0.25) is 0 Å². The number of aromatic nitrogens is 2. The molecule has 0 atom stereocenters. The number of fused-ring (bicyclic) bond motifs is 1. The highest BCUT2D eigenvalue weighted by molar-refractivity contribution is 6.33. The summed E-state index contributed by atoms with van der Waals surface area (Å²) in [5, 5.41) is 5.11. The molecule has 3 nitrogen and oxygen atoms in total. The van der Waals surface area contributed by atoms with Crippen LogP contribution in [0, 0.1) is 13.8 Å². The second kappa shape index (κ2) is 6.77. The lowest BCUT2D eigenvalue weighted by Crippen LogP contribution is -2.01. The van der Waals surface area contributed by atoms with Gasteiger partial charge >= 0.3 is 0 Å². The van der Waals surface area contributed by atoms with Crippen LogP contribution in [0.2, 0.25) is 5.02 Å². The molecule has 0 bridgehead atoms. The highest BCUT2D eigenvalue weighted by Gasteiger charge is 2.12. The van der Waals surface area contributed by atoms with Crippen molar-refractivity contribution in [1.82, 2.24) is 9.97 Å². The zero-order valence-electron chi connectivity index (χ0n) is 14.6. The number of nitrogens with zero attached hydrogens (tertiary/aromatic N) is 2.